The number of benzene rings is 1. The number of terminal acetylenes is 1. The Balaban J connectivity index is 1.17. The highest BCUT2D eigenvalue weighted by Gasteiger charge is 2.39. The van der Waals surface area contributed by atoms with Gasteiger partial charge in [-0.2, -0.15) is 18.3 Å². The quantitative estimate of drug-likeness (QED) is 0.308. The molecule has 44 heavy (non-hydrogen) atoms. The van der Waals surface area contributed by atoms with Gasteiger partial charge in [-0.3, -0.25) is 14.7 Å². The van der Waals surface area contributed by atoms with Crippen LogP contribution in [0.4, 0.5) is 18.0 Å². The van der Waals surface area contributed by atoms with Gasteiger partial charge in [0.1, 0.15) is 0 Å². The van der Waals surface area contributed by atoms with Crippen LogP contribution in [-0.2, 0) is 19.1 Å². The van der Waals surface area contributed by atoms with Gasteiger partial charge < -0.3 is 30.3 Å². The number of nitrogens with zero attached hydrogens (tertiary/aromatic N) is 5. The molecule has 0 saturated carbocycles. The Labute approximate surface area is 255 Å². The number of carbonyl (C=O) groups excluding carboxylic acids is 3. The number of halogens is 4. The van der Waals surface area contributed by atoms with Crippen LogP contribution >= 0.6 is 11.6 Å². The van der Waals surface area contributed by atoms with Crippen molar-refractivity contribution in [2.75, 3.05) is 52.4 Å². The van der Waals surface area contributed by atoms with Crippen molar-refractivity contribution in [3.05, 3.63) is 57.8 Å². The van der Waals surface area contributed by atoms with E-state index in [0.717, 1.165) is 19.3 Å². The third-order valence-corrected chi connectivity index (χ3v) is 7.70. The lowest BCUT2D eigenvalue weighted by atomic mass is 10.1. The highest BCUT2D eigenvalue weighted by molar-refractivity contribution is 6.33. The van der Waals surface area contributed by atoms with Crippen LogP contribution in [0.1, 0.15) is 37.9 Å². The van der Waals surface area contributed by atoms with Gasteiger partial charge in [0.15, 0.2) is 11.5 Å². The number of aromatic amines is 2. The minimum atomic E-state index is -4.75. The summed E-state index contributed by atoms with van der Waals surface area (Å²) in [6.45, 7) is 4.46. The maximum Gasteiger partial charge on any atom is 0.435 e. The van der Waals surface area contributed by atoms with E-state index in [2.05, 4.69) is 36.7 Å². The molecule has 3 aromatic rings. The number of H-pyrrole nitrogens is 2. The van der Waals surface area contributed by atoms with Crippen LogP contribution in [0, 0.1) is 12.3 Å². The molecule has 2 aromatic heterocycles. The molecule has 0 bridgehead atoms. The van der Waals surface area contributed by atoms with Gasteiger partial charge in [0.2, 0.25) is 0 Å². The summed E-state index contributed by atoms with van der Waals surface area (Å²) in [7, 11) is 0. The zero-order valence-corrected chi connectivity index (χ0v) is 24.2. The van der Waals surface area contributed by atoms with Crippen molar-refractivity contribution >= 4 is 29.4 Å². The number of imidazole rings is 1. The minimum Gasteiger partial charge on any atom is -0.345 e. The minimum absolute atomic E-state index is 0.0116. The largest absolute Gasteiger partial charge is 0.435 e. The summed E-state index contributed by atoms with van der Waals surface area (Å²) in [6.07, 6.45) is 1.49. The molecule has 2 fully saturated rings. The van der Waals surface area contributed by atoms with Crippen molar-refractivity contribution < 1.29 is 27.6 Å². The smallest absolute Gasteiger partial charge is 0.345 e. The molecular weight excluding hydrogens is 603 g/mol. The van der Waals surface area contributed by atoms with Gasteiger partial charge in [0.05, 0.1) is 40.2 Å². The van der Waals surface area contributed by atoms with Gasteiger partial charge in [0, 0.05) is 58.9 Å². The average molecular weight is 632 g/mol. The maximum atomic E-state index is 13.5. The van der Waals surface area contributed by atoms with Crippen LogP contribution in [0.3, 0.4) is 0 Å². The standard InChI is InChI=1S/C28H29ClF3N9O3/c1-2-3-20-22(23(38-37-20)28(30,31)32)21-16-34-24(36-21)25(42)35-15-17-4-5-18(19(29)14-17)26(43)39-10-12-41(13-11-39)27(44)40-8-6-33-7-9-40/h1,4-5,14,16,33H,3,6-13,15H2,(H,34,36)(H,35,42)(H,37,38). The number of carbonyl (C=O) groups is 3. The van der Waals surface area contributed by atoms with E-state index in [0.29, 0.717) is 50.4 Å². The lowest BCUT2D eigenvalue weighted by Crippen LogP contribution is -2.57. The Morgan fingerprint density at radius 3 is 2.39 bits per heavy atom. The molecule has 2 aliphatic heterocycles. The Kier molecular flexibility index (Phi) is 9.12. The van der Waals surface area contributed by atoms with Gasteiger partial charge in [0.25, 0.3) is 11.8 Å². The first kappa shape index (κ1) is 30.9. The van der Waals surface area contributed by atoms with Crippen molar-refractivity contribution in [1.82, 2.24) is 45.5 Å². The number of rotatable bonds is 6. The van der Waals surface area contributed by atoms with E-state index >= 15 is 0 Å². The van der Waals surface area contributed by atoms with E-state index in [1.165, 1.54) is 0 Å². The van der Waals surface area contributed by atoms with Crippen molar-refractivity contribution in [3.63, 3.8) is 0 Å². The predicted octanol–water partition coefficient (Wildman–Crippen LogP) is 2.36. The van der Waals surface area contributed by atoms with Crippen LogP contribution in [-0.4, -0.2) is 105 Å². The average Bonchev–Trinajstić information content (AvgIpc) is 3.68. The van der Waals surface area contributed by atoms with Crippen LogP contribution in [0.25, 0.3) is 11.3 Å². The monoisotopic (exact) mass is 631 g/mol. The first-order valence-electron chi connectivity index (χ1n) is 13.8. The third-order valence-electron chi connectivity index (χ3n) is 7.39. The molecule has 2 saturated heterocycles. The van der Waals surface area contributed by atoms with Crippen LogP contribution < -0.4 is 10.6 Å². The van der Waals surface area contributed by atoms with Crippen molar-refractivity contribution in [3.8, 4) is 23.6 Å². The predicted molar refractivity (Wildman–Crippen MR) is 154 cm³/mol. The number of hydrogen-bond donors (Lipinski definition) is 4. The summed E-state index contributed by atoms with van der Waals surface area (Å²) in [5.41, 5.74) is -0.604. The molecule has 16 heteroatoms. The first-order valence-corrected chi connectivity index (χ1v) is 14.2. The van der Waals surface area contributed by atoms with E-state index in [9.17, 15) is 27.6 Å². The Bertz CT molecular complexity index is 1580. The summed E-state index contributed by atoms with van der Waals surface area (Å²) in [6, 6.07) is 4.75. The van der Waals surface area contributed by atoms with Crippen LogP contribution in [0.5, 0.6) is 0 Å². The summed E-state index contributed by atoms with van der Waals surface area (Å²) < 4.78 is 40.5. The molecule has 0 atom stereocenters. The van der Waals surface area contributed by atoms with Crippen LogP contribution in [0.15, 0.2) is 24.4 Å². The van der Waals surface area contributed by atoms with Gasteiger partial charge >= 0.3 is 12.2 Å². The van der Waals surface area contributed by atoms with Crippen LogP contribution in [0.2, 0.25) is 5.02 Å². The molecule has 0 unspecified atom stereocenters. The van der Waals surface area contributed by atoms with Crippen molar-refractivity contribution in [2.24, 2.45) is 0 Å². The lowest BCUT2D eigenvalue weighted by molar-refractivity contribution is -0.140. The number of alkyl halides is 3. The molecule has 0 aliphatic carbocycles. The molecule has 0 radical (unpaired) electrons. The summed E-state index contributed by atoms with van der Waals surface area (Å²) in [4.78, 5) is 50.4. The second-order valence-electron chi connectivity index (χ2n) is 10.2. The Morgan fingerprint density at radius 1 is 1.05 bits per heavy atom. The highest BCUT2D eigenvalue weighted by atomic mass is 35.5. The molecule has 4 heterocycles. The number of piperazine rings is 2. The highest BCUT2D eigenvalue weighted by Crippen LogP contribution is 2.37. The zero-order chi connectivity index (χ0) is 31.4. The van der Waals surface area contributed by atoms with E-state index < -0.39 is 17.8 Å². The molecule has 2 aliphatic rings. The molecular formula is C28H29ClF3N9O3. The fraction of sp³-hybridized carbons (Fsp3) is 0.393. The van der Waals surface area contributed by atoms with Gasteiger partial charge in [-0.25, -0.2) is 9.78 Å². The number of urea groups is 1. The lowest BCUT2D eigenvalue weighted by Gasteiger charge is -2.38. The number of hydrogen-bond acceptors (Lipinski definition) is 6. The van der Waals surface area contributed by atoms with E-state index in [1.807, 2.05) is 4.90 Å². The molecule has 4 amide bonds. The second-order valence-corrected chi connectivity index (χ2v) is 10.7. The molecule has 232 valence electrons. The van der Waals surface area contributed by atoms with E-state index in [1.54, 1.807) is 28.0 Å². The number of aromatic nitrogens is 4. The normalized spacial score (nSPS) is 15.7. The summed E-state index contributed by atoms with van der Waals surface area (Å²) in [5, 5.41) is 11.7. The maximum absolute atomic E-state index is 13.5. The van der Waals surface area contributed by atoms with Crippen molar-refractivity contribution in [2.45, 2.75) is 19.1 Å². The van der Waals surface area contributed by atoms with Gasteiger partial charge in [-0.15, -0.1) is 12.3 Å². The molecule has 1 aromatic carbocycles. The fourth-order valence-corrected chi connectivity index (χ4v) is 5.39. The topological polar surface area (TPSA) is 142 Å². The summed E-state index contributed by atoms with van der Waals surface area (Å²) in [5.74, 6) is 1.13. The molecule has 4 N–H and O–H groups in total. The fourth-order valence-electron chi connectivity index (χ4n) is 5.10. The Morgan fingerprint density at radius 2 is 1.73 bits per heavy atom. The zero-order valence-electron chi connectivity index (χ0n) is 23.4. The van der Waals surface area contributed by atoms with Crippen molar-refractivity contribution in [1.29, 1.82) is 0 Å². The van der Waals surface area contributed by atoms with E-state index in [-0.39, 0.29) is 52.7 Å². The number of nitrogens with one attached hydrogen (secondary N) is 4. The molecule has 5 rings (SSSR count). The van der Waals surface area contributed by atoms with Gasteiger partial charge in [-0.05, 0) is 17.7 Å². The Hall–Kier alpha value is -4.55. The van der Waals surface area contributed by atoms with E-state index in [4.69, 9.17) is 18.0 Å². The summed E-state index contributed by atoms with van der Waals surface area (Å²) >= 11 is 6.44. The van der Waals surface area contributed by atoms with Gasteiger partial charge in [-0.1, -0.05) is 17.7 Å². The molecule has 12 nitrogen and oxygen atoms in total. The SMILES string of the molecule is C#CCc1[nH]nc(C(F)(F)F)c1-c1cnc(C(=O)NCc2ccc(C(=O)N3CCN(C(=O)N4CCNCC4)CC3)c(Cl)c2)[nH]1. The second kappa shape index (κ2) is 13.0. The molecule has 0 spiro atoms. The first-order chi connectivity index (χ1) is 21.1. The third kappa shape index (κ3) is 6.66. The number of amides is 4.